The van der Waals surface area contributed by atoms with Gasteiger partial charge in [0.1, 0.15) is 12.3 Å². The van der Waals surface area contributed by atoms with Crippen LogP contribution in [0.1, 0.15) is 24.4 Å². The van der Waals surface area contributed by atoms with Crippen LogP contribution in [-0.2, 0) is 17.8 Å². The lowest BCUT2D eigenvalue weighted by Crippen LogP contribution is -2.34. The fraction of sp³-hybridized carbons (Fsp3) is 0.318. The van der Waals surface area contributed by atoms with Gasteiger partial charge in [-0.15, -0.1) is 18.3 Å². The molecule has 1 amide bonds. The zero-order chi connectivity index (χ0) is 23.6. The van der Waals surface area contributed by atoms with Crippen LogP contribution in [0.2, 0.25) is 5.02 Å². The number of nitrogens with one attached hydrogen (secondary N) is 1. The van der Waals surface area contributed by atoms with E-state index in [2.05, 4.69) is 15.2 Å². The van der Waals surface area contributed by atoms with Crippen molar-refractivity contribution in [1.29, 1.82) is 0 Å². The van der Waals surface area contributed by atoms with E-state index in [1.807, 2.05) is 0 Å². The van der Waals surface area contributed by atoms with Gasteiger partial charge >= 0.3 is 12.1 Å². The van der Waals surface area contributed by atoms with Gasteiger partial charge in [0.05, 0.1) is 0 Å². The Morgan fingerprint density at radius 1 is 1.15 bits per heavy atom. The monoisotopic (exact) mass is 480 g/mol. The van der Waals surface area contributed by atoms with Crippen molar-refractivity contribution in [3.63, 3.8) is 0 Å². The average molecular weight is 481 g/mol. The van der Waals surface area contributed by atoms with Crippen LogP contribution in [-0.4, -0.2) is 33.2 Å². The molecule has 33 heavy (non-hydrogen) atoms. The molecule has 1 aliphatic rings. The summed E-state index contributed by atoms with van der Waals surface area (Å²) in [6.45, 7) is -0.237. The predicted octanol–water partition coefficient (Wildman–Crippen LogP) is 3.96. The smallest absolute Gasteiger partial charge is 0.406 e. The molecule has 0 unspecified atom stereocenters. The molecule has 7 nitrogen and oxygen atoms in total. The third-order valence-corrected chi connectivity index (χ3v) is 5.35. The molecule has 0 aliphatic heterocycles. The first-order valence-electron chi connectivity index (χ1n) is 10.3. The third kappa shape index (κ3) is 5.75. The summed E-state index contributed by atoms with van der Waals surface area (Å²) in [5.74, 6) is -0.328. The molecule has 11 heteroatoms. The Morgan fingerprint density at radius 2 is 1.85 bits per heavy atom. The van der Waals surface area contributed by atoms with Gasteiger partial charge in [-0.1, -0.05) is 29.8 Å². The summed E-state index contributed by atoms with van der Waals surface area (Å²) in [5.41, 5.74) is 0.626. The lowest BCUT2D eigenvalue weighted by molar-refractivity contribution is -0.274. The predicted molar refractivity (Wildman–Crippen MR) is 115 cm³/mol. The minimum atomic E-state index is -4.80. The number of amides is 1. The fourth-order valence-corrected chi connectivity index (χ4v) is 3.57. The number of hydrogen-bond acceptors (Lipinski definition) is 4. The normalized spacial score (nSPS) is 13.7. The van der Waals surface area contributed by atoms with Gasteiger partial charge in [-0.3, -0.25) is 9.36 Å². The van der Waals surface area contributed by atoms with Gasteiger partial charge in [0.2, 0.25) is 5.91 Å². The second kappa shape index (κ2) is 9.30. The number of carbonyl (C=O) groups is 1. The molecule has 0 radical (unpaired) electrons. The van der Waals surface area contributed by atoms with Crippen LogP contribution >= 0.6 is 11.6 Å². The fourth-order valence-electron chi connectivity index (χ4n) is 3.44. The summed E-state index contributed by atoms with van der Waals surface area (Å²) in [5, 5.41) is 7.52. The Morgan fingerprint density at radius 3 is 2.52 bits per heavy atom. The first-order chi connectivity index (χ1) is 15.7. The van der Waals surface area contributed by atoms with Crippen molar-refractivity contribution in [2.24, 2.45) is 0 Å². The first-order valence-corrected chi connectivity index (χ1v) is 10.6. The molecule has 1 N–H and O–H groups in total. The number of benzene rings is 2. The van der Waals surface area contributed by atoms with Crippen molar-refractivity contribution in [2.75, 3.05) is 6.54 Å². The molecule has 0 atom stereocenters. The lowest BCUT2D eigenvalue weighted by Gasteiger charge is -2.13. The summed E-state index contributed by atoms with van der Waals surface area (Å²) < 4.78 is 44.3. The van der Waals surface area contributed by atoms with Crippen LogP contribution in [0.15, 0.2) is 53.3 Å². The second-order valence-corrected chi connectivity index (χ2v) is 8.06. The van der Waals surface area contributed by atoms with E-state index in [4.69, 9.17) is 11.6 Å². The van der Waals surface area contributed by atoms with Crippen LogP contribution < -0.4 is 15.7 Å². The highest BCUT2D eigenvalue weighted by Crippen LogP contribution is 2.36. The highest BCUT2D eigenvalue weighted by Gasteiger charge is 2.32. The van der Waals surface area contributed by atoms with Crippen LogP contribution in [0.4, 0.5) is 13.2 Å². The molecule has 1 aliphatic carbocycles. The van der Waals surface area contributed by atoms with Gasteiger partial charge in [0.15, 0.2) is 5.82 Å². The van der Waals surface area contributed by atoms with E-state index >= 15 is 0 Å². The number of aromatic nitrogens is 3. The Kier molecular flexibility index (Phi) is 6.46. The standard InChI is InChI=1S/C22H20ClF3N4O3/c23-16-7-5-15(6-8-16)20-28-29(21(32)30(20)17-9-10-17)13-19(31)27-12-11-14-3-1-2-4-18(14)33-22(24,25)26/h1-8,17H,9-13H2,(H,27,31). The summed E-state index contributed by atoms with van der Waals surface area (Å²) in [6.07, 6.45) is -2.96. The molecule has 174 valence electrons. The topological polar surface area (TPSA) is 78.2 Å². The zero-order valence-electron chi connectivity index (χ0n) is 17.3. The Bertz CT molecular complexity index is 1200. The molecule has 4 rings (SSSR count). The number of carbonyl (C=O) groups excluding carboxylic acids is 1. The summed E-state index contributed by atoms with van der Waals surface area (Å²) >= 11 is 5.94. The highest BCUT2D eigenvalue weighted by molar-refractivity contribution is 6.30. The van der Waals surface area contributed by atoms with Crippen molar-refractivity contribution in [3.8, 4) is 17.1 Å². The van der Waals surface area contributed by atoms with E-state index in [9.17, 15) is 22.8 Å². The van der Waals surface area contributed by atoms with Crippen molar-refractivity contribution in [1.82, 2.24) is 19.7 Å². The molecule has 2 aromatic carbocycles. The lowest BCUT2D eigenvalue weighted by atomic mass is 10.1. The first kappa shape index (κ1) is 22.9. The van der Waals surface area contributed by atoms with E-state index in [1.165, 1.54) is 18.2 Å². The molecular formula is C22H20ClF3N4O3. The quantitative estimate of drug-likeness (QED) is 0.529. The molecule has 1 saturated carbocycles. The number of hydrogen-bond donors (Lipinski definition) is 1. The van der Waals surface area contributed by atoms with Gasteiger partial charge in [-0.25, -0.2) is 9.48 Å². The number of para-hydroxylation sites is 1. The van der Waals surface area contributed by atoms with E-state index in [0.717, 1.165) is 17.5 Å². The van der Waals surface area contributed by atoms with E-state index in [1.54, 1.807) is 34.9 Å². The number of nitrogens with zero attached hydrogens (tertiary/aromatic N) is 3. The van der Waals surface area contributed by atoms with Crippen molar-refractivity contribution < 1.29 is 22.7 Å². The minimum Gasteiger partial charge on any atom is -0.406 e. The number of alkyl halides is 3. The Hall–Kier alpha value is -3.27. The molecule has 1 aromatic heterocycles. The third-order valence-electron chi connectivity index (χ3n) is 5.09. The summed E-state index contributed by atoms with van der Waals surface area (Å²) in [4.78, 5) is 25.3. The maximum absolute atomic E-state index is 12.9. The number of rotatable bonds is 8. The van der Waals surface area contributed by atoms with E-state index in [-0.39, 0.29) is 37.0 Å². The Labute approximate surface area is 191 Å². The van der Waals surface area contributed by atoms with Crippen LogP contribution in [0.5, 0.6) is 5.75 Å². The minimum absolute atomic E-state index is 0.0464. The molecule has 0 bridgehead atoms. The highest BCUT2D eigenvalue weighted by atomic mass is 35.5. The molecule has 0 saturated heterocycles. The van der Waals surface area contributed by atoms with Crippen molar-refractivity contribution in [2.45, 2.75) is 38.2 Å². The van der Waals surface area contributed by atoms with Gasteiger partial charge in [0, 0.05) is 23.2 Å². The van der Waals surface area contributed by atoms with E-state index < -0.39 is 12.3 Å². The largest absolute Gasteiger partial charge is 0.573 e. The Balaban J connectivity index is 1.42. The molecule has 1 fully saturated rings. The van der Waals surface area contributed by atoms with Crippen LogP contribution in [0, 0.1) is 0 Å². The van der Waals surface area contributed by atoms with Gasteiger partial charge in [-0.2, -0.15) is 0 Å². The van der Waals surface area contributed by atoms with Crippen molar-refractivity contribution >= 4 is 17.5 Å². The maximum Gasteiger partial charge on any atom is 0.573 e. The molecule has 1 heterocycles. The summed E-state index contributed by atoms with van der Waals surface area (Å²) in [6, 6.07) is 12.7. The number of halogens is 4. The van der Waals surface area contributed by atoms with Gasteiger partial charge in [0.25, 0.3) is 0 Å². The van der Waals surface area contributed by atoms with Crippen LogP contribution in [0.3, 0.4) is 0 Å². The molecular weight excluding hydrogens is 461 g/mol. The second-order valence-electron chi connectivity index (χ2n) is 7.63. The molecule has 0 spiro atoms. The SMILES string of the molecule is O=C(Cn1nc(-c2ccc(Cl)cc2)n(C2CC2)c1=O)NCCc1ccccc1OC(F)(F)F. The van der Waals surface area contributed by atoms with Crippen LogP contribution in [0.25, 0.3) is 11.4 Å². The van der Waals surface area contributed by atoms with Gasteiger partial charge < -0.3 is 10.1 Å². The average Bonchev–Trinajstić information content (AvgIpc) is 3.53. The van der Waals surface area contributed by atoms with Crippen molar-refractivity contribution in [3.05, 3.63) is 69.6 Å². The summed E-state index contributed by atoms with van der Waals surface area (Å²) in [7, 11) is 0. The van der Waals surface area contributed by atoms with Gasteiger partial charge in [-0.05, 0) is 55.2 Å². The van der Waals surface area contributed by atoms with E-state index in [0.29, 0.717) is 22.0 Å². The maximum atomic E-state index is 12.9. The zero-order valence-corrected chi connectivity index (χ0v) is 18.1. The number of ether oxygens (including phenoxy) is 1. The molecule has 3 aromatic rings.